The predicted molar refractivity (Wildman–Crippen MR) is 56.5 cm³/mol. The van der Waals surface area contributed by atoms with E-state index in [2.05, 4.69) is 5.16 Å². The minimum atomic E-state index is -0.316. The summed E-state index contributed by atoms with van der Waals surface area (Å²) >= 11 is 0. The molecule has 0 unspecified atom stereocenters. The number of nitrogens with zero attached hydrogens (tertiary/aromatic N) is 1. The van der Waals surface area contributed by atoms with Crippen molar-refractivity contribution in [3.8, 4) is 5.75 Å². The van der Waals surface area contributed by atoms with E-state index in [1.54, 1.807) is 18.2 Å². The number of hydrogen-bond donors (Lipinski definition) is 1. The zero-order chi connectivity index (χ0) is 11.4. The van der Waals surface area contributed by atoms with Gasteiger partial charge in [-0.25, -0.2) is 4.39 Å². The fourth-order valence-corrected chi connectivity index (χ4v) is 1.28. The molecule has 1 aromatic carbocycles. The Morgan fingerprint density at radius 2 is 2.25 bits per heavy atom. The number of aromatic nitrogens is 1. The number of rotatable bonds is 4. The summed E-state index contributed by atoms with van der Waals surface area (Å²) in [4.78, 5) is 0. The highest BCUT2D eigenvalue weighted by molar-refractivity contribution is 5.25. The van der Waals surface area contributed by atoms with Gasteiger partial charge in [-0.15, -0.1) is 0 Å². The Morgan fingerprint density at radius 3 is 2.94 bits per heavy atom. The maximum Gasteiger partial charge on any atom is 0.222 e. The Kier molecular flexibility index (Phi) is 3.05. The molecule has 0 bridgehead atoms. The van der Waals surface area contributed by atoms with Gasteiger partial charge in [0.15, 0.2) is 0 Å². The molecule has 16 heavy (non-hydrogen) atoms. The van der Waals surface area contributed by atoms with E-state index in [4.69, 9.17) is 15.0 Å². The SMILES string of the molecule is Nc1cc(CCOc2cccc(F)c2)no1. The lowest BCUT2D eigenvalue weighted by Crippen LogP contribution is -2.01. The molecule has 2 rings (SSSR count). The number of hydrogen-bond acceptors (Lipinski definition) is 4. The summed E-state index contributed by atoms with van der Waals surface area (Å²) in [6.07, 6.45) is 0.567. The highest BCUT2D eigenvalue weighted by atomic mass is 19.1. The van der Waals surface area contributed by atoms with E-state index in [1.165, 1.54) is 12.1 Å². The van der Waals surface area contributed by atoms with Crippen LogP contribution in [0.25, 0.3) is 0 Å². The molecule has 2 N–H and O–H groups in total. The Morgan fingerprint density at radius 1 is 1.38 bits per heavy atom. The van der Waals surface area contributed by atoms with Crippen LogP contribution in [-0.4, -0.2) is 11.8 Å². The molecule has 0 atom stereocenters. The molecule has 0 aliphatic heterocycles. The largest absolute Gasteiger partial charge is 0.493 e. The number of nitrogen functional groups attached to an aromatic ring is 1. The molecule has 0 aliphatic rings. The molecule has 0 amide bonds. The van der Waals surface area contributed by atoms with Crippen molar-refractivity contribution in [3.63, 3.8) is 0 Å². The van der Waals surface area contributed by atoms with Crippen molar-refractivity contribution < 1.29 is 13.7 Å². The van der Waals surface area contributed by atoms with Crippen LogP contribution in [-0.2, 0) is 6.42 Å². The molecule has 1 aromatic heterocycles. The van der Waals surface area contributed by atoms with Crippen LogP contribution in [0.15, 0.2) is 34.9 Å². The summed E-state index contributed by atoms with van der Waals surface area (Å²) in [5.41, 5.74) is 6.08. The van der Waals surface area contributed by atoms with Gasteiger partial charge in [0.25, 0.3) is 0 Å². The molecule has 4 nitrogen and oxygen atoms in total. The van der Waals surface area contributed by atoms with Crippen molar-refractivity contribution in [3.05, 3.63) is 41.8 Å². The van der Waals surface area contributed by atoms with Crippen molar-refractivity contribution in [1.82, 2.24) is 5.16 Å². The summed E-state index contributed by atoms with van der Waals surface area (Å²) in [6, 6.07) is 7.62. The molecule has 0 saturated carbocycles. The molecule has 1 heterocycles. The monoisotopic (exact) mass is 222 g/mol. The van der Waals surface area contributed by atoms with Crippen LogP contribution in [0.1, 0.15) is 5.69 Å². The third kappa shape index (κ3) is 2.73. The van der Waals surface area contributed by atoms with Crippen LogP contribution in [0.5, 0.6) is 5.75 Å². The Hall–Kier alpha value is -2.04. The second-order valence-electron chi connectivity index (χ2n) is 3.28. The van der Waals surface area contributed by atoms with Crippen LogP contribution in [0.4, 0.5) is 10.3 Å². The molecule has 2 aromatic rings. The Balaban J connectivity index is 1.84. The second-order valence-corrected chi connectivity index (χ2v) is 3.28. The van der Waals surface area contributed by atoms with Gasteiger partial charge in [0.1, 0.15) is 11.6 Å². The molecule has 5 heteroatoms. The number of ether oxygens (including phenoxy) is 1. The summed E-state index contributed by atoms with van der Waals surface area (Å²) in [5, 5.41) is 3.71. The van der Waals surface area contributed by atoms with Gasteiger partial charge in [0, 0.05) is 18.6 Å². The zero-order valence-electron chi connectivity index (χ0n) is 8.52. The van der Waals surface area contributed by atoms with Crippen LogP contribution < -0.4 is 10.5 Å². The lowest BCUT2D eigenvalue weighted by atomic mass is 10.3. The smallest absolute Gasteiger partial charge is 0.222 e. The summed E-state index contributed by atoms with van der Waals surface area (Å²) < 4.78 is 22.8. The lowest BCUT2D eigenvalue weighted by molar-refractivity contribution is 0.314. The molecule has 0 aliphatic carbocycles. The van der Waals surface area contributed by atoms with Gasteiger partial charge in [-0.1, -0.05) is 11.2 Å². The summed E-state index contributed by atoms with van der Waals surface area (Å²) in [6.45, 7) is 0.398. The predicted octanol–water partition coefficient (Wildman–Crippen LogP) is 2.02. The van der Waals surface area contributed by atoms with E-state index in [1.807, 2.05) is 0 Å². The first kappa shape index (κ1) is 10.5. The molecule has 0 saturated heterocycles. The molecule has 84 valence electrons. The third-order valence-corrected chi connectivity index (χ3v) is 2.00. The van der Waals surface area contributed by atoms with E-state index in [0.717, 1.165) is 0 Å². The van der Waals surface area contributed by atoms with E-state index in [9.17, 15) is 4.39 Å². The average Bonchev–Trinajstić information content (AvgIpc) is 2.64. The van der Waals surface area contributed by atoms with E-state index in [0.29, 0.717) is 24.5 Å². The summed E-state index contributed by atoms with van der Waals surface area (Å²) in [5.74, 6) is 0.459. The minimum Gasteiger partial charge on any atom is -0.493 e. The number of anilines is 1. The number of halogens is 1. The average molecular weight is 222 g/mol. The molecular formula is C11H11FN2O2. The van der Waals surface area contributed by atoms with E-state index in [-0.39, 0.29) is 11.7 Å². The zero-order valence-corrected chi connectivity index (χ0v) is 8.52. The van der Waals surface area contributed by atoms with E-state index >= 15 is 0 Å². The van der Waals surface area contributed by atoms with Crippen LogP contribution >= 0.6 is 0 Å². The highest BCUT2D eigenvalue weighted by Gasteiger charge is 2.01. The van der Waals surface area contributed by atoms with Gasteiger partial charge < -0.3 is 15.0 Å². The molecule has 0 fully saturated rings. The lowest BCUT2D eigenvalue weighted by Gasteiger charge is -2.03. The molecule has 0 spiro atoms. The van der Waals surface area contributed by atoms with E-state index < -0.39 is 0 Å². The maximum absolute atomic E-state index is 12.8. The van der Waals surface area contributed by atoms with Gasteiger partial charge >= 0.3 is 0 Å². The normalized spacial score (nSPS) is 10.3. The second kappa shape index (κ2) is 4.65. The Bertz CT molecular complexity index is 471. The van der Waals surface area contributed by atoms with Gasteiger partial charge in [-0.2, -0.15) is 0 Å². The minimum absolute atomic E-state index is 0.278. The standard InChI is InChI=1S/C11H11FN2O2/c12-8-2-1-3-10(6-8)15-5-4-9-7-11(13)16-14-9/h1-3,6-7H,4-5,13H2. The first-order valence-corrected chi connectivity index (χ1v) is 4.83. The van der Waals surface area contributed by atoms with Crippen molar-refractivity contribution >= 4 is 5.88 Å². The van der Waals surface area contributed by atoms with Crippen LogP contribution in [0.3, 0.4) is 0 Å². The van der Waals surface area contributed by atoms with Crippen LogP contribution in [0.2, 0.25) is 0 Å². The number of benzene rings is 1. The maximum atomic E-state index is 12.8. The highest BCUT2D eigenvalue weighted by Crippen LogP contribution is 2.12. The molecular weight excluding hydrogens is 211 g/mol. The first-order valence-electron chi connectivity index (χ1n) is 4.83. The fraction of sp³-hybridized carbons (Fsp3) is 0.182. The fourth-order valence-electron chi connectivity index (χ4n) is 1.28. The Labute approximate surface area is 91.8 Å². The number of nitrogens with two attached hydrogens (primary N) is 1. The van der Waals surface area contributed by atoms with Gasteiger partial charge in [0.05, 0.1) is 12.3 Å². The van der Waals surface area contributed by atoms with Crippen molar-refractivity contribution in [1.29, 1.82) is 0 Å². The van der Waals surface area contributed by atoms with Crippen molar-refractivity contribution in [2.75, 3.05) is 12.3 Å². The third-order valence-electron chi connectivity index (χ3n) is 2.00. The van der Waals surface area contributed by atoms with Crippen molar-refractivity contribution in [2.45, 2.75) is 6.42 Å². The van der Waals surface area contributed by atoms with Gasteiger partial charge in [-0.05, 0) is 12.1 Å². The topological polar surface area (TPSA) is 61.3 Å². The quantitative estimate of drug-likeness (QED) is 0.859. The van der Waals surface area contributed by atoms with Crippen LogP contribution in [0, 0.1) is 5.82 Å². The van der Waals surface area contributed by atoms with Gasteiger partial charge in [0.2, 0.25) is 5.88 Å². The molecule has 0 radical (unpaired) electrons. The van der Waals surface area contributed by atoms with Crippen molar-refractivity contribution in [2.24, 2.45) is 0 Å². The van der Waals surface area contributed by atoms with Gasteiger partial charge in [-0.3, -0.25) is 0 Å². The first-order chi connectivity index (χ1) is 7.74. The summed E-state index contributed by atoms with van der Waals surface area (Å²) in [7, 11) is 0.